The van der Waals surface area contributed by atoms with Crippen LogP contribution in [0.15, 0.2) is 35.5 Å². The second-order valence-electron chi connectivity index (χ2n) is 8.86. The standard InChI is InChI=1S/C23H29NO/c1-3-11-22(2)17(10-14-25)4-5-18-20(22)8-12-23-15-16(9-13-24)19(23)6-7-21(18)23/h3,10-11,14-15,18-21H,4-9,12H2,1-2H3/b11-3-,17-10-. The number of nitrogens with zero attached hydrogens (tertiary/aromatic N) is 1. The van der Waals surface area contributed by atoms with Gasteiger partial charge in [0.25, 0.3) is 0 Å². The first-order chi connectivity index (χ1) is 12.1. The first-order valence-corrected chi connectivity index (χ1v) is 9.98. The van der Waals surface area contributed by atoms with Gasteiger partial charge >= 0.3 is 0 Å². The molecule has 4 aliphatic rings. The lowest BCUT2D eigenvalue weighted by atomic mass is 9.45. The number of rotatable bonds is 3. The van der Waals surface area contributed by atoms with Gasteiger partial charge in [0.15, 0.2) is 0 Å². The number of carbonyl (C=O) groups is 1. The van der Waals surface area contributed by atoms with Crippen LogP contribution in [-0.2, 0) is 4.79 Å². The van der Waals surface area contributed by atoms with E-state index in [0.29, 0.717) is 23.7 Å². The minimum Gasteiger partial charge on any atom is -0.299 e. The van der Waals surface area contributed by atoms with Gasteiger partial charge in [-0.1, -0.05) is 36.3 Å². The summed E-state index contributed by atoms with van der Waals surface area (Å²) in [6, 6.07) is 2.36. The number of carbonyl (C=O) groups excluding carboxylic acids is 1. The first kappa shape index (κ1) is 16.8. The molecule has 2 nitrogen and oxygen atoms in total. The molecule has 6 unspecified atom stereocenters. The van der Waals surface area contributed by atoms with Gasteiger partial charge in [-0.25, -0.2) is 0 Å². The van der Waals surface area contributed by atoms with Gasteiger partial charge < -0.3 is 0 Å². The smallest absolute Gasteiger partial charge is 0.142 e. The zero-order chi connectivity index (χ0) is 17.7. The monoisotopic (exact) mass is 335 g/mol. The van der Waals surface area contributed by atoms with Gasteiger partial charge in [0, 0.05) is 5.41 Å². The van der Waals surface area contributed by atoms with Crippen molar-refractivity contribution in [2.45, 2.75) is 58.8 Å². The lowest BCUT2D eigenvalue weighted by molar-refractivity contribution is -0.104. The van der Waals surface area contributed by atoms with E-state index in [2.05, 4.69) is 38.1 Å². The number of nitriles is 1. The second kappa shape index (κ2) is 5.97. The summed E-state index contributed by atoms with van der Waals surface area (Å²) in [4.78, 5) is 11.2. The van der Waals surface area contributed by atoms with Gasteiger partial charge in [0.1, 0.15) is 6.29 Å². The highest BCUT2D eigenvalue weighted by molar-refractivity contribution is 5.67. The summed E-state index contributed by atoms with van der Waals surface area (Å²) >= 11 is 0. The molecule has 0 amide bonds. The zero-order valence-corrected chi connectivity index (χ0v) is 15.5. The Bertz CT molecular complexity index is 708. The molecule has 4 rings (SSSR count). The third-order valence-electron chi connectivity index (χ3n) is 8.20. The number of aldehydes is 1. The molecule has 1 spiro atoms. The molecular weight excluding hydrogens is 306 g/mol. The quantitative estimate of drug-likeness (QED) is 0.395. The molecule has 0 radical (unpaired) electrons. The average molecular weight is 335 g/mol. The Hall–Kier alpha value is -1.62. The maximum atomic E-state index is 11.2. The minimum absolute atomic E-state index is 0.0429. The van der Waals surface area contributed by atoms with Gasteiger partial charge in [-0.3, -0.25) is 4.79 Å². The number of hydrogen-bond acceptors (Lipinski definition) is 2. The average Bonchev–Trinajstić information content (AvgIpc) is 2.88. The Morgan fingerprint density at radius 2 is 2.12 bits per heavy atom. The van der Waals surface area contributed by atoms with Crippen molar-refractivity contribution in [3.05, 3.63) is 35.5 Å². The van der Waals surface area contributed by atoms with Crippen LogP contribution in [0.4, 0.5) is 0 Å². The van der Waals surface area contributed by atoms with Crippen LogP contribution in [0.25, 0.3) is 0 Å². The van der Waals surface area contributed by atoms with Crippen molar-refractivity contribution in [2.75, 3.05) is 0 Å². The van der Waals surface area contributed by atoms with Crippen LogP contribution in [-0.4, -0.2) is 6.29 Å². The van der Waals surface area contributed by atoms with E-state index in [1.165, 1.54) is 43.3 Å². The van der Waals surface area contributed by atoms with Gasteiger partial charge in [0.05, 0.1) is 12.5 Å². The molecule has 4 aliphatic carbocycles. The van der Waals surface area contributed by atoms with Crippen molar-refractivity contribution >= 4 is 6.29 Å². The summed E-state index contributed by atoms with van der Waals surface area (Å²) in [5.74, 6) is 2.91. The minimum atomic E-state index is 0.0429. The summed E-state index contributed by atoms with van der Waals surface area (Å²) in [6.07, 6.45) is 18.0. The number of allylic oxidation sites excluding steroid dienone is 6. The highest BCUT2D eigenvalue weighted by atomic mass is 16.1. The third-order valence-corrected chi connectivity index (χ3v) is 8.20. The number of fused-ring (bicyclic) bond motifs is 2. The summed E-state index contributed by atoms with van der Waals surface area (Å²) in [5.41, 5.74) is 3.22. The summed E-state index contributed by atoms with van der Waals surface area (Å²) in [5, 5.41) is 9.08. The highest BCUT2D eigenvalue weighted by Crippen LogP contribution is 2.71. The maximum absolute atomic E-state index is 11.2. The van der Waals surface area contributed by atoms with E-state index in [9.17, 15) is 4.79 Å². The van der Waals surface area contributed by atoms with Crippen molar-refractivity contribution in [3.63, 3.8) is 0 Å². The van der Waals surface area contributed by atoms with E-state index in [1.54, 1.807) is 0 Å². The fourth-order valence-corrected chi connectivity index (χ4v) is 7.34. The molecular formula is C23H29NO. The largest absolute Gasteiger partial charge is 0.299 e. The topological polar surface area (TPSA) is 40.9 Å². The predicted molar refractivity (Wildman–Crippen MR) is 99.5 cm³/mol. The Kier molecular flexibility index (Phi) is 4.02. The Morgan fingerprint density at radius 3 is 2.84 bits per heavy atom. The fraction of sp³-hybridized carbons (Fsp3) is 0.652. The lowest BCUT2D eigenvalue weighted by Crippen LogP contribution is -2.52. The predicted octanol–water partition coefficient (Wildman–Crippen LogP) is 5.38. The van der Waals surface area contributed by atoms with Crippen LogP contribution in [0, 0.1) is 45.8 Å². The summed E-state index contributed by atoms with van der Waals surface area (Å²) in [7, 11) is 0. The van der Waals surface area contributed by atoms with E-state index in [1.807, 2.05) is 6.08 Å². The van der Waals surface area contributed by atoms with E-state index < -0.39 is 0 Å². The van der Waals surface area contributed by atoms with Crippen LogP contribution >= 0.6 is 0 Å². The number of hydrogen-bond donors (Lipinski definition) is 0. The molecule has 3 fully saturated rings. The summed E-state index contributed by atoms with van der Waals surface area (Å²) < 4.78 is 0. The SMILES string of the molecule is C/C=C\C1(C)/C(=C\C=O)CCC2C1CCC13C=C(CC#N)C1CCC23. The Balaban J connectivity index is 1.67. The molecule has 2 heteroatoms. The molecule has 3 saturated carbocycles. The van der Waals surface area contributed by atoms with Crippen molar-refractivity contribution in [1.82, 2.24) is 0 Å². The Labute approximate surface area is 151 Å². The van der Waals surface area contributed by atoms with Crippen molar-refractivity contribution in [1.29, 1.82) is 5.26 Å². The van der Waals surface area contributed by atoms with Crippen LogP contribution in [0.1, 0.15) is 58.8 Å². The van der Waals surface area contributed by atoms with Crippen molar-refractivity contribution in [2.24, 2.45) is 34.5 Å². The molecule has 6 atom stereocenters. The molecule has 0 N–H and O–H groups in total. The van der Waals surface area contributed by atoms with Crippen LogP contribution in [0.3, 0.4) is 0 Å². The molecule has 0 heterocycles. The Morgan fingerprint density at radius 1 is 1.28 bits per heavy atom. The molecule has 0 aromatic heterocycles. The van der Waals surface area contributed by atoms with Crippen molar-refractivity contribution < 1.29 is 4.79 Å². The maximum Gasteiger partial charge on any atom is 0.142 e. The molecule has 0 aromatic rings. The van der Waals surface area contributed by atoms with E-state index in [-0.39, 0.29) is 5.41 Å². The first-order valence-electron chi connectivity index (χ1n) is 9.98. The molecule has 0 bridgehead atoms. The molecule has 0 aliphatic heterocycles. The van der Waals surface area contributed by atoms with Gasteiger partial charge in [-0.2, -0.15) is 5.26 Å². The second-order valence-corrected chi connectivity index (χ2v) is 8.86. The van der Waals surface area contributed by atoms with Gasteiger partial charge in [0.2, 0.25) is 0 Å². The lowest BCUT2D eigenvalue weighted by Gasteiger charge is -2.59. The molecule has 132 valence electrons. The van der Waals surface area contributed by atoms with Crippen molar-refractivity contribution in [3.8, 4) is 6.07 Å². The molecule has 25 heavy (non-hydrogen) atoms. The normalized spacial score (nSPS) is 46.6. The van der Waals surface area contributed by atoms with Gasteiger partial charge in [-0.15, -0.1) is 0 Å². The van der Waals surface area contributed by atoms with E-state index in [4.69, 9.17) is 5.26 Å². The molecule has 0 aromatic carbocycles. The highest BCUT2D eigenvalue weighted by Gasteiger charge is 2.62. The molecule has 0 saturated heterocycles. The zero-order valence-electron chi connectivity index (χ0n) is 15.5. The third kappa shape index (κ3) is 2.17. The van der Waals surface area contributed by atoms with Gasteiger partial charge in [-0.05, 0) is 80.6 Å². The van der Waals surface area contributed by atoms with Crippen LogP contribution in [0.2, 0.25) is 0 Å². The van der Waals surface area contributed by atoms with E-state index >= 15 is 0 Å². The van der Waals surface area contributed by atoms with Crippen LogP contribution in [0.5, 0.6) is 0 Å². The van der Waals surface area contributed by atoms with E-state index in [0.717, 1.165) is 24.5 Å². The summed E-state index contributed by atoms with van der Waals surface area (Å²) in [6.45, 7) is 4.47. The fourth-order valence-electron chi connectivity index (χ4n) is 7.34. The van der Waals surface area contributed by atoms with Crippen LogP contribution < -0.4 is 0 Å².